The largest absolute Gasteiger partial charge is 0.377 e. The summed E-state index contributed by atoms with van der Waals surface area (Å²) in [5.41, 5.74) is 2.26. The molecule has 142 valence electrons. The highest BCUT2D eigenvalue weighted by Gasteiger charge is 2.42. The Morgan fingerprint density at radius 1 is 1.12 bits per heavy atom. The van der Waals surface area contributed by atoms with Crippen molar-refractivity contribution in [3.63, 3.8) is 0 Å². The van der Waals surface area contributed by atoms with Crippen LogP contribution in [0.4, 0.5) is 0 Å². The molecule has 2 aromatic rings. The van der Waals surface area contributed by atoms with E-state index in [1.54, 1.807) is 0 Å². The Morgan fingerprint density at radius 3 is 2.54 bits per heavy atom. The van der Waals surface area contributed by atoms with Crippen molar-refractivity contribution in [2.24, 2.45) is 12.5 Å². The van der Waals surface area contributed by atoms with Crippen LogP contribution in [0, 0.1) is 12.3 Å². The van der Waals surface area contributed by atoms with Crippen molar-refractivity contribution in [3.8, 4) is 0 Å². The molecule has 0 saturated carbocycles. The van der Waals surface area contributed by atoms with Crippen molar-refractivity contribution in [3.05, 3.63) is 29.2 Å². The molecule has 0 N–H and O–H groups in total. The molecule has 2 aliphatic heterocycles. The molecule has 4 atom stereocenters. The van der Waals surface area contributed by atoms with E-state index in [0.717, 1.165) is 36.5 Å². The molecule has 4 heterocycles. The summed E-state index contributed by atoms with van der Waals surface area (Å²) >= 11 is 0. The number of aromatic nitrogens is 4. The van der Waals surface area contributed by atoms with Gasteiger partial charge in [-0.1, -0.05) is 25.9 Å². The smallest absolute Gasteiger partial charge is 0.232 e. The predicted octanol–water partition coefficient (Wildman–Crippen LogP) is 3.28. The van der Waals surface area contributed by atoms with Gasteiger partial charge >= 0.3 is 0 Å². The molecule has 4 rings (SSSR count). The van der Waals surface area contributed by atoms with Crippen LogP contribution in [-0.2, 0) is 16.5 Å². The van der Waals surface area contributed by atoms with E-state index in [1.165, 1.54) is 0 Å². The van der Waals surface area contributed by atoms with E-state index in [0.29, 0.717) is 12.5 Å². The highest BCUT2D eigenvalue weighted by atomic mass is 16.5. The summed E-state index contributed by atoms with van der Waals surface area (Å²) in [6, 6.07) is 0. The minimum Gasteiger partial charge on any atom is -0.377 e. The van der Waals surface area contributed by atoms with Gasteiger partial charge in [-0.3, -0.25) is 4.68 Å². The van der Waals surface area contributed by atoms with Crippen LogP contribution >= 0.6 is 0 Å². The molecule has 2 aliphatic rings. The summed E-state index contributed by atoms with van der Waals surface area (Å²) in [5.74, 6) is 1.71. The second-order valence-corrected chi connectivity index (χ2v) is 8.54. The van der Waals surface area contributed by atoms with Crippen LogP contribution in [0.5, 0.6) is 0 Å². The number of hydrogen-bond donors (Lipinski definition) is 0. The van der Waals surface area contributed by atoms with E-state index in [9.17, 15) is 0 Å². The van der Waals surface area contributed by atoms with Crippen molar-refractivity contribution in [1.29, 1.82) is 0 Å². The molecule has 0 bridgehead atoms. The molecule has 0 unspecified atom stereocenters. The monoisotopic (exact) mass is 360 g/mol. The van der Waals surface area contributed by atoms with Crippen molar-refractivity contribution in [2.45, 2.75) is 64.6 Å². The van der Waals surface area contributed by atoms with E-state index in [2.05, 4.69) is 38.0 Å². The molecule has 0 aromatic carbocycles. The fraction of sp³-hybridized carbons (Fsp3) is 0.737. The number of hydrogen-bond acceptors (Lipinski definition) is 6. The number of rotatable bonds is 3. The summed E-state index contributed by atoms with van der Waals surface area (Å²) in [7, 11) is 1.94. The van der Waals surface area contributed by atoms with Crippen LogP contribution in [0.15, 0.2) is 10.7 Å². The first-order chi connectivity index (χ1) is 12.4. The zero-order chi connectivity index (χ0) is 18.5. The van der Waals surface area contributed by atoms with E-state index in [1.807, 2.05) is 17.9 Å². The number of ether oxygens (including phenoxy) is 2. The SMILES string of the molecule is Cc1c([C@H]2OCC[C@@H]2c2nc([C@@H]3CCO[C@H]3C(C)(C)C)no2)cnn1C. The van der Waals surface area contributed by atoms with Gasteiger partial charge in [-0.25, -0.2) is 0 Å². The van der Waals surface area contributed by atoms with Gasteiger partial charge < -0.3 is 14.0 Å². The Kier molecular flexibility index (Phi) is 4.39. The lowest BCUT2D eigenvalue weighted by molar-refractivity contribution is 0.0193. The first-order valence-corrected chi connectivity index (χ1v) is 9.41. The van der Waals surface area contributed by atoms with Gasteiger partial charge in [0, 0.05) is 31.5 Å². The Labute approximate surface area is 154 Å². The van der Waals surface area contributed by atoms with Gasteiger partial charge in [0.05, 0.1) is 30.2 Å². The van der Waals surface area contributed by atoms with Gasteiger partial charge in [0.15, 0.2) is 5.82 Å². The highest BCUT2D eigenvalue weighted by molar-refractivity contribution is 5.24. The van der Waals surface area contributed by atoms with Gasteiger partial charge in [0.2, 0.25) is 5.89 Å². The van der Waals surface area contributed by atoms with Crippen LogP contribution in [0.1, 0.15) is 74.5 Å². The number of nitrogens with zero attached hydrogens (tertiary/aromatic N) is 4. The zero-order valence-electron chi connectivity index (χ0n) is 16.2. The third kappa shape index (κ3) is 2.97. The average Bonchev–Trinajstić information content (AvgIpc) is 3.32. The molecule has 7 heteroatoms. The lowest BCUT2D eigenvalue weighted by Gasteiger charge is -2.29. The third-order valence-corrected chi connectivity index (χ3v) is 5.72. The summed E-state index contributed by atoms with van der Waals surface area (Å²) in [6.45, 7) is 10.1. The van der Waals surface area contributed by atoms with Crippen molar-refractivity contribution < 1.29 is 14.0 Å². The quantitative estimate of drug-likeness (QED) is 0.836. The Morgan fingerprint density at radius 2 is 1.85 bits per heavy atom. The second kappa shape index (κ2) is 6.46. The van der Waals surface area contributed by atoms with Gasteiger partial charge in [0.25, 0.3) is 0 Å². The van der Waals surface area contributed by atoms with E-state index in [-0.39, 0.29) is 29.5 Å². The van der Waals surface area contributed by atoms with Crippen molar-refractivity contribution in [1.82, 2.24) is 19.9 Å². The molecular formula is C19H28N4O3. The van der Waals surface area contributed by atoms with Crippen LogP contribution < -0.4 is 0 Å². The van der Waals surface area contributed by atoms with Gasteiger partial charge in [-0.15, -0.1) is 0 Å². The second-order valence-electron chi connectivity index (χ2n) is 8.54. The van der Waals surface area contributed by atoms with Crippen molar-refractivity contribution >= 4 is 0 Å². The predicted molar refractivity (Wildman–Crippen MR) is 94.8 cm³/mol. The Hall–Kier alpha value is -1.73. The van der Waals surface area contributed by atoms with Crippen LogP contribution in [0.25, 0.3) is 0 Å². The van der Waals surface area contributed by atoms with Gasteiger partial charge in [-0.05, 0) is 25.2 Å². The topological polar surface area (TPSA) is 75.2 Å². The molecule has 26 heavy (non-hydrogen) atoms. The standard InChI is InChI=1S/C19H28N4O3/c1-11-14(10-20-23(11)5)15-12(6-8-24-15)18-21-17(22-26-18)13-7-9-25-16(13)19(2,3)4/h10,12-13,15-16H,6-9H2,1-5H3/t12-,13+,15-,16+/m0/s1. The molecule has 7 nitrogen and oxygen atoms in total. The first kappa shape index (κ1) is 17.7. The van der Waals surface area contributed by atoms with Crippen LogP contribution in [0.2, 0.25) is 0 Å². The molecule has 0 amide bonds. The van der Waals surface area contributed by atoms with Gasteiger partial charge in [-0.2, -0.15) is 10.1 Å². The minimum atomic E-state index is -0.0739. The molecule has 0 aliphatic carbocycles. The maximum absolute atomic E-state index is 6.00. The maximum atomic E-state index is 6.00. The molecule has 0 radical (unpaired) electrons. The molecule has 0 spiro atoms. The Bertz CT molecular complexity index is 776. The summed E-state index contributed by atoms with van der Waals surface area (Å²) in [6.07, 6.45) is 3.74. The van der Waals surface area contributed by atoms with Crippen molar-refractivity contribution in [2.75, 3.05) is 13.2 Å². The summed E-state index contributed by atoms with van der Waals surface area (Å²) < 4.78 is 19.5. The van der Waals surface area contributed by atoms with Crippen LogP contribution in [0.3, 0.4) is 0 Å². The van der Waals surface area contributed by atoms with E-state index >= 15 is 0 Å². The zero-order valence-corrected chi connectivity index (χ0v) is 16.2. The maximum Gasteiger partial charge on any atom is 0.232 e. The minimum absolute atomic E-state index is 0.0494. The molecule has 2 aromatic heterocycles. The van der Waals surface area contributed by atoms with E-state index < -0.39 is 0 Å². The molecule has 2 saturated heterocycles. The van der Waals surface area contributed by atoms with Gasteiger partial charge in [0.1, 0.15) is 0 Å². The fourth-order valence-electron chi connectivity index (χ4n) is 4.20. The summed E-state index contributed by atoms with van der Waals surface area (Å²) in [4.78, 5) is 4.79. The molecule has 2 fully saturated rings. The lowest BCUT2D eigenvalue weighted by atomic mass is 9.81. The summed E-state index contributed by atoms with van der Waals surface area (Å²) in [5, 5.41) is 8.67. The fourth-order valence-corrected chi connectivity index (χ4v) is 4.20. The highest BCUT2D eigenvalue weighted by Crippen LogP contribution is 2.44. The van der Waals surface area contributed by atoms with E-state index in [4.69, 9.17) is 19.0 Å². The van der Waals surface area contributed by atoms with Crippen LogP contribution in [-0.4, -0.2) is 39.2 Å². The third-order valence-electron chi connectivity index (χ3n) is 5.72. The Balaban J connectivity index is 1.58. The first-order valence-electron chi connectivity index (χ1n) is 9.41. The lowest BCUT2D eigenvalue weighted by Crippen LogP contribution is -2.30. The average molecular weight is 360 g/mol. The number of aryl methyl sites for hydroxylation is 1. The normalized spacial score (nSPS) is 29.6. The molecular weight excluding hydrogens is 332 g/mol.